The van der Waals surface area contributed by atoms with E-state index in [-0.39, 0.29) is 12.5 Å². The highest BCUT2D eigenvalue weighted by molar-refractivity contribution is 9.10. The molecule has 0 aliphatic rings. The molecule has 0 aliphatic heterocycles. The van der Waals surface area contributed by atoms with Gasteiger partial charge in [-0.25, -0.2) is 0 Å². The number of anilines is 1. The van der Waals surface area contributed by atoms with Crippen LogP contribution < -0.4 is 5.32 Å². The summed E-state index contributed by atoms with van der Waals surface area (Å²) >= 11 is 9.34. The number of benzene rings is 1. The maximum Gasteiger partial charge on any atom is 0.246 e. The molecule has 3 aromatic rings. The van der Waals surface area contributed by atoms with Gasteiger partial charge in [0.1, 0.15) is 6.54 Å². The van der Waals surface area contributed by atoms with Gasteiger partial charge in [-0.05, 0) is 47.5 Å². The summed E-state index contributed by atoms with van der Waals surface area (Å²) in [6.45, 7) is 4.57. The lowest BCUT2D eigenvalue weighted by molar-refractivity contribution is -0.116. The van der Waals surface area contributed by atoms with Crippen molar-refractivity contribution >= 4 is 39.1 Å². The molecular formula is C17H17BrClN5O. The fourth-order valence-electron chi connectivity index (χ4n) is 2.52. The Labute approximate surface area is 158 Å². The molecule has 0 bridgehead atoms. The molecule has 0 saturated carbocycles. The van der Waals surface area contributed by atoms with Crippen LogP contribution in [0.2, 0.25) is 5.02 Å². The van der Waals surface area contributed by atoms with Crippen molar-refractivity contribution in [2.24, 2.45) is 0 Å². The van der Waals surface area contributed by atoms with Gasteiger partial charge in [0.25, 0.3) is 0 Å². The monoisotopic (exact) mass is 421 g/mol. The van der Waals surface area contributed by atoms with E-state index in [1.165, 1.54) is 0 Å². The minimum atomic E-state index is -0.127. The van der Waals surface area contributed by atoms with E-state index in [1.807, 2.05) is 38.1 Å². The Morgan fingerprint density at radius 1 is 1.36 bits per heavy atom. The third-order valence-corrected chi connectivity index (χ3v) is 5.09. The molecule has 8 heteroatoms. The minimum absolute atomic E-state index is 0.127. The van der Waals surface area contributed by atoms with Crippen molar-refractivity contribution in [1.82, 2.24) is 19.6 Å². The summed E-state index contributed by atoms with van der Waals surface area (Å²) in [6.07, 6.45) is 3.35. The smallest absolute Gasteiger partial charge is 0.246 e. The molecule has 6 nitrogen and oxygen atoms in total. The number of aryl methyl sites for hydroxylation is 1. The van der Waals surface area contributed by atoms with Crippen molar-refractivity contribution in [3.05, 3.63) is 63.1 Å². The maximum absolute atomic E-state index is 12.3. The standard InChI is InChI=1S/C17H17BrClN5O/c1-11-17(18)12(2)24(22-11)10-16(25)21-15-5-3-4-13(6-15)8-23-9-14(19)7-20-23/h3-7,9H,8,10H2,1-2H3,(H,21,25). The lowest BCUT2D eigenvalue weighted by Gasteiger charge is -2.09. The van der Waals surface area contributed by atoms with E-state index in [4.69, 9.17) is 11.6 Å². The molecule has 25 heavy (non-hydrogen) atoms. The van der Waals surface area contributed by atoms with Crippen LogP contribution in [0.1, 0.15) is 17.0 Å². The lowest BCUT2D eigenvalue weighted by atomic mass is 10.2. The average molecular weight is 423 g/mol. The molecule has 130 valence electrons. The second-order valence-electron chi connectivity index (χ2n) is 5.75. The Bertz CT molecular complexity index is 918. The van der Waals surface area contributed by atoms with Gasteiger partial charge in [-0.15, -0.1) is 0 Å². The van der Waals surface area contributed by atoms with E-state index in [1.54, 1.807) is 21.8 Å². The molecule has 1 N–H and O–H groups in total. The lowest BCUT2D eigenvalue weighted by Crippen LogP contribution is -2.20. The van der Waals surface area contributed by atoms with Crippen LogP contribution in [0.25, 0.3) is 0 Å². The topological polar surface area (TPSA) is 64.7 Å². The van der Waals surface area contributed by atoms with E-state index in [2.05, 4.69) is 31.4 Å². The third kappa shape index (κ3) is 4.29. The van der Waals surface area contributed by atoms with Crippen LogP contribution in [-0.4, -0.2) is 25.5 Å². The van der Waals surface area contributed by atoms with Gasteiger partial charge in [-0.1, -0.05) is 23.7 Å². The van der Waals surface area contributed by atoms with Gasteiger partial charge in [-0.3, -0.25) is 14.2 Å². The van der Waals surface area contributed by atoms with Crippen molar-refractivity contribution in [2.75, 3.05) is 5.32 Å². The van der Waals surface area contributed by atoms with Crippen molar-refractivity contribution in [1.29, 1.82) is 0 Å². The number of rotatable bonds is 5. The molecule has 0 fully saturated rings. The van der Waals surface area contributed by atoms with Crippen molar-refractivity contribution in [3.63, 3.8) is 0 Å². The van der Waals surface area contributed by atoms with Crippen molar-refractivity contribution < 1.29 is 4.79 Å². The van der Waals surface area contributed by atoms with Crippen LogP contribution in [0.3, 0.4) is 0 Å². The molecule has 0 atom stereocenters. The molecule has 0 radical (unpaired) electrons. The predicted molar refractivity (Wildman–Crippen MR) is 101 cm³/mol. The number of hydrogen-bond donors (Lipinski definition) is 1. The molecule has 0 aliphatic carbocycles. The van der Waals surface area contributed by atoms with Crippen LogP contribution in [0.5, 0.6) is 0 Å². The van der Waals surface area contributed by atoms with E-state index in [0.717, 1.165) is 27.1 Å². The molecule has 1 aromatic carbocycles. The number of carbonyl (C=O) groups excluding carboxylic acids is 1. The molecule has 2 heterocycles. The first-order chi connectivity index (χ1) is 11.9. The molecule has 0 spiro atoms. The quantitative estimate of drug-likeness (QED) is 0.680. The summed E-state index contributed by atoms with van der Waals surface area (Å²) in [5.74, 6) is -0.127. The first-order valence-corrected chi connectivity index (χ1v) is 8.85. The third-order valence-electron chi connectivity index (χ3n) is 3.74. The Kier molecular flexibility index (Phi) is 5.24. The largest absolute Gasteiger partial charge is 0.324 e. The Hall–Kier alpha value is -2.12. The van der Waals surface area contributed by atoms with Crippen LogP contribution in [0.15, 0.2) is 41.1 Å². The van der Waals surface area contributed by atoms with Gasteiger partial charge in [0.15, 0.2) is 0 Å². The summed E-state index contributed by atoms with van der Waals surface area (Å²) in [7, 11) is 0. The highest BCUT2D eigenvalue weighted by Gasteiger charge is 2.12. The Morgan fingerprint density at radius 3 is 2.80 bits per heavy atom. The maximum atomic E-state index is 12.3. The number of hydrogen-bond acceptors (Lipinski definition) is 3. The summed E-state index contributed by atoms with van der Waals surface area (Å²) in [4.78, 5) is 12.3. The fraction of sp³-hybridized carbons (Fsp3) is 0.235. The van der Waals surface area contributed by atoms with E-state index in [0.29, 0.717) is 11.6 Å². The second-order valence-corrected chi connectivity index (χ2v) is 6.98. The normalized spacial score (nSPS) is 10.9. The van der Waals surface area contributed by atoms with E-state index in [9.17, 15) is 4.79 Å². The van der Waals surface area contributed by atoms with E-state index >= 15 is 0 Å². The van der Waals surface area contributed by atoms with Gasteiger partial charge in [-0.2, -0.15) is 10.2 Å². The highest BCUT2D eigenvalue weighted by atomic mass is 79.9. The number of carbonyl (C=O) groups is 1. The zero-order valence-electron chi connectivity index (χ0n) is 13.8. The minimum Gasteiger partial charge on any atom is -0.324 e. The highest BCUT2D eigenvalue weighted by Crippen LogP contribution is 2.20. The Morgan fingerprint density at radius 2 is 2.16 bits per heavy atom. The van der Waals surface area contributed by atoms with Crippen molar-refractivity contribution in [2.45, 2.75) is 26.9 Å². The van der Waals surface area contributed by atoms with E-state index < -0.39 is 0 Å². The molecule has 0 saturated heterocycles. The molecular weight excluding hydrogens is 406 g/mol. The molecule has 1 amide bonds. The number of halogens is 2. The first-order valence-electron chi connectivity index (χ1n) is 7.68. The van der Waals surface area contributed by atoms with Gasteiger partial charge >= 0.3 is 0 Å². The van der Waals surface area contributed by atoms with Gasteiger partial charge in [0.2, 0.25) is 5.91 Å². The number of nitrogens with zero attached hydrogens (tertiary/aromatic N) is 4. The summed E-state index contributed by atoms with van der Waals surface area (Å²) in [5, 5.41) is 12.0. The summed E-state index contributed by atoms with van der Waals surface area (Å²) in [5.41, 5.74) is 3.55. The summed E-state index contributed by atoms with van der Waals surface area (Å²) < 4.78 is 4.36. The number of aromatic nitrogens is 4. The zero-order chi connectivity index (χ0) is 18.0. The molecule has 2 aromatic heterocycles. The van der Waals surface area contributed by atoms with Crippen LogP contribution in [0, 0.1) is 13.8 Å². The van der Waals surface area contributed by atoms with Crippen LogP contribution in [0.4, 0.5) is 5.69 Å². The molecule has 0 unspecified atom stereocenters. The average Bonchev–Trinajstić information content (AvgIpc) is 3.06. The first kappa shape index (κ1) is 17.7. The zero-order valence-corrected chi connectivity index (χ0v) is 16.2. The van der Waals surface area contributed by atoms with Gasteiger partial charge < -0.3 is 5.32 Å². The molecule has 3 rings (SSSR count). The van der Waals surface area contributed by atoms with Crippen LogP contribution >= 0.6 is 27.5 Å². The van der Waals surface area contributed by atoms with Crippen LogP contribution in [-0.2, 0) is 17.9 Å². The SMILES string of the molecule is Cc1nn(CC(=O)Nc2cccc(Cn3cc(Cl)cn3)c2)c(C)c1Br. The summed E-state index contributed by atoms with van der Waals surface area (Å²) in [6, 6.07) is 7.65. The number of amides is 1. The van der Waals surface area contributed by atoms with Gasteiger partial charge in [0, 0.05) is 11.9 Å². The van der Waals surface area contributed by atoms with Crippen molar-refractivity contribution in [3.8, 4) is 0 Å². The second kappa shape index (κ2) is 7.41. The fourth-order valence-corrected chi connectivity index (χ4v) is 2.97. The van der Waals surface area contributed by atoms with Gasteiger partial charge in [0.05, 0.1) is 33.6 Å². The number of nitrogens with one attached hydrogen (secondary N) is 1. The Balaban J connectivity index is 1.67. The predicted octanol–water partition coefficient (Wildman–Crippen LogP) is 3.80.